The van der Waals surface area contributed by atoms with E-state index in [-0.39, 0.29) is 22.7 Å². The summed E-state index contributed by atoms with van der Waals surface area (Å²) in [7, 11) is 0. The van der Waals surface area contributed by atoms with Crippen LogP contribution >= 0.6 is 0 Å². The first-order valence-corrected chi connectivity index (χ1v) is 8.98. The Balaban J connectivity index is 1.83. The van der Waals surface area contributed by atoms with E-state index in [1.807, 2.05) is 0 Å². The van der Waals surface area contributed by atoms with Crippen molar-refractivity contribution in [3.63, 3.8) is 0 Å². The number of non-ortho nitro benzene ring substituents is 1. The second-order valence-electron chi connectivity index (χ2n) is 7.99. The van der Waals surface area contributed by atoms with Crippen LogP contribution in [0.4, 0.5) is 15.8 Å². The molecule has 1 amide bonds. The van der Waals surface area contributed by atoms with Gasteiger partial charge >= 0.3 is 5.97 Å². The van der Waals surface area contributed by atoms with E-state index < -0.39 is 29.2 Å². The van der Waals surface area contributed by atoms with E-state index in [4.69, 9.17) is 4.74 Å². The topological polar surface area (TPSA) is 98.5 Å². The molecule has 0 heterocycles. The van der Waals surface area contributed by atoms with Crippen molar-refractivity contribution in [2.75, 3.05) is 11.9 Å². The SMILES string of the molecule is CC(C)(C)C1CCC(C(=O)OCC(=O)Nc2cc([N+](=O)[O-])ccc2F)CC1. The van der Waals surface area contributed by atoms with E-state index >= 15 is 0 Å². The average Bonchev–Trinajstić information content (AvgIpc) is 2.60. The van der Waals surface area contributed by atoms with Crippen molar-refractivity contribution in [3.8, 4) is 0 Å². The van der Waals surface area contributed by atoms with Crippen molar-refractivity contribution in [1.82, 2.24) is 0 Å². The predicted octanol–water partition coefficient (Wildman–Crippen LogP) is 4.07. The number of nitro groups is 1. The molecule has 7 nitrogen and oxygen atoms in total. The summed E-state index contributed by atoms with van der Waals surface area (Å²) in [6.07, 6.45) is 3.33. The predicted molar refractivity (Wildman–Crippen MR) is 97.5 cm³/mol. The van der Waals surface area contributed by atoms with Gasteiger partial charge in [0, 0.05) is 12.1 Å². The van der Waals surface area contributed by atoms with Gasteiger partial charge in [0.15, 0.2) is 6.61 Å². The number of anilines is 1. The molecule has 0 atom stereocenters. The van der Waals surface area contributed by atoms with Crippen LogP contribution in [0.1, 0.15) is 46.5 Å². The molecule has 1 saturated carbocycles. The summed E-state index contributed by atoms with van der Waals surface area (Å²) in [5, 5.41) is 12.9. The number of esters is 1. The molecule has 0 saturated heterocycles. The minimum atomic E-state index is -0.805. The van der Waals surface area contributed by atoms with Crippen LogP contribution < -0.4 is 5.32 Å². The number of nitrogens with zero attached hydrogens (tertiary/aromatic N) is 1. The van der Waals surface area contributed by atoms with Gasteiger partial charge in [-0.2, -0.15) is 0 Å². The summed E-state index contributed by atoms with van der Waals surface area (Å²) < 4.78 is 18.7. The molecule has 1 aromatic carbocycles. The van der Waals surface area contributed by atoms with Crippen molar-refractivity contribution in [1.29, 1.82) is 0 Å². The number of carbonyl (C=O) groups excluding carboxylic acids is 2. The highest BCUT2D eigenvalue weighted by Gasteiger charge is 2.33. The molecule has 0 bridgehead atoms. The number of hydrogen-bond acceptors (Lipinski definition) is 5. The maximum absolute atomic E-state index is 13.7. The molecule has 0 aromatic heterocycles. The molecule has 0 aliphatic heterocycles. The van der Waals surface area contributed by atoms with Crippen molar-refractivity contribution >= 4 is 23.3 Å². The van der Waals surface area contributed by atoms with E-state index in [0.29, 0.717) is 5.92 Å². The maximum Gasteiger partial charge on any atom is 0.309 e. The average molecular weight is 380 g/mol. The molecule has 27 heavy (non-hydrogen) atoms. The normalized spacial score (nSPS) is 20.0. The first kappa shape index (κ1) is 20.8. The van der Waals surface area contributed by atoms with Crippen molar-refractivity contribution in [2.45, 2.75) is 46.5 Å². The Morgan fingerprint density at radius 2 is 1.89 bits per heavy atom. The smallest absolute Gasteiger partial charge is 0.309 e. The van der Waals surface area contributed by atoms with Gasteiger partial charge in [-0.25, -0.2) is 4.39 Å². The lowest BCUT2D eigenvalue weighted by Gasteiger charge is -2.36. The van der Waals surface area contributed by atoms with E-state index in [0.717, 1.165) is 43.9 Å². The van der Waals surface area contributed by atoms with Crippen molar-refractivity contribution in [2.24, 2.45) is 17.3 Å². The van der Waals surface area contributed by atoms with Gasteiger partial charge in [-0.05, 0) is 43.1 Å². The van der Waals surface area contributed by atoms with E-state index in [1.165, 1.54) is 0 Å². The van der Waals surface area contributed by atoms with E-state index in [9.17, 15) is 24.1 Å². The molecule has 1 aliphatic carbocycles. The highest BCUT2D eigenvalue weighted by Crippen LogP contribution is 2.40. The monoisotopic (exact) mass is 380 g/mol. The molecule has 1 aliphatic rings. The van der Waals surface area contributed by atoms with Crippen LogP contribution in [-0.4, -0.2) is 23.4 Å². The van der Waals surface area contributed by atoms with Crippen LogP contribution in [-0.2, 0) is 14.3 Å². The van der Waals surface area contributed by atoms with Gasteiger partial charge in [0.05, 0.1) is 16.5 Å². The number of nitrogens with one attached hydrogen (secondary N) is 1. The molecule has 2 rings (SSSR count). The van der Waals surface area contributed by atoms with Gasteiger partial charge in [-0.3, -0.25) is 19.7 Å². The third kappa shape index (κ3) is 5.74. The second-order valence-corrected chi connectivity index (χ2v) is 7.99. The van der Waals surface area contributed by atoms with Crippen LogP contribution in [0.5, 0.6) is 0 Å². The Bertz CT molecular complexity index is 721. The first-order valence-electron chi connectivity index (χ1n) is 8.98. The molecular weight excluding hydrogens is 355 g/mol. The number of ether oxygens (including phenoxy) is 1. The van der Waals surface area contributed by atoms with E-state index in [2.05, 4.69) is 26.1 Å². The van der Waals surface area contributed by atoms with Crippen LogP contribution in [0, 0.1) is 33.2 Å². The largest absolute Gasteiger partial charge is 0.455 e. The Labute approximate surface area is 157 Å². The quantitative estimate of drug-likeness (QED) is 0.472. The molecule has 1 N–H and O–H groups in total. The summed E-state index contributed by atoms with van der Waals surface area (Å²) in [6, 6.07) is 2.81. The second kappa shape index (κ2) is 8.45. The molecule has 0 spiro atoms. The fourth-order valence-electron chi connectivity index (χ4n) is 3.36. The van der Waals surface area contributed by atoms with Gasteiger partial charge in [0.1, 0.15) is 5.82 Å². The zero-order valence-corrected chi connectivity index (χ0v) is 15.8. The Hall–Kier alpha value is -2.51. The Kier molecular flexibility index (Phi) is 6.51. The Morgan fingerprint density at radius 3 is 2.44 bits per heavy atom. The molecule has 8 heteroatoms. The highest BCUT2D eigenvalue weighted by atomic mass is 19.1. The molecule has 1 aromatic rings. The van der Waals surface area contributed by atoms with E-state index in [1.54, 1.807) is 0 Å². The van der Waals surface area contributed by atoms with Gasteiger partial charge in [0.25, 0.3) is 11.6 Å². The number of carbonyl (C=O) groups is 2. The minimum absolute atomic E-state index is 0.205. The van der Waals surface area contributed by atoms with Crippen LogP contribution in [0.2, 0.25) is 0 Å². The molecule has 1 fully saturated rings. The summed E-state index contributed by atoms with van der Waals surface area (Å²) >= 11 is 0. The highest BCUT2D eigenvalue weighted by molar-refractivity contribution is 5.93. The number of halogens is 1. The number of benzene rings is 1. The maximum atomic E-state index is 13.7. The van der Waals surface area contributed by atoms with Gasteiger partial charge in [-0.15, -0.1) is 0 Å². The lowest BCUT2D eigenvalue weighted by molar-refractivity contribution is -0.384. The molecule has 0 radical (unpaired) electrons. The number of amides is 1. The van der Waals surface area contributed by atoms with Crippen molar-refractivity contribution in [3.05, 3.63) is 34.1 Å². The summed E-state index contributed by atoms with van der Waals surface area (Å²) in [5.41, 5.74) is -0.466. The Morgan fingerprint density at radius 1 is 1.26 bits per heavy atom. The first-order chi connectivity index (χ1) is 12.6. The van der Waals surface area contributed by atoms with Gasteiger partial charge in [0.2, 0.25) is 0 Å². The third-order valence-corrected chi connectivity index (χ3v) is 5.07. The van der Waals surface area contributed by atoms with Crippen LogP contribution in [0.3, 0.4) is 0 Å². The van der Waals surface area contributed by atoms with Crippen LogP contribution in [0.15, 0.2) is 18.2 Å². The molecule has 0 unspecified atom stereocenters. The number of rotatable bonds is 5. The fraction of sp³-hybridized carbons (Fsp3) is 0.579. The third-order valence-electron chi connectivity index (χ3n) is 5.07. The number of nitro benzene ring substituents is 1. The summed E-state index contributed by atoms with van der Waals surface area (Å²) in [6.45, 7) is 6.01. The zero-order valence-electron chi connectivity index (χ0n) is 15.8. The van der Waals surface area contributed by atoms with Crippen LogP contribution in [0.25, 0.3) is 0 Å². The summed E-state index contributed by atoms with van der Waals surface area (Å²) in [4.78, 5) is 34.1. The van der Waals surface area contributed by atoms with Crippen molar-refractivity contribution < 1.29 is 23.6 Å². The van der Waals surface area contributed by atoms with Gasteiger partial charge in [-0.1, -0.05) is 20.8 Å². The lowest BCUT2D eigenvalue weighted by atomic mass is 9.70. The fourth-order valence-corrected chi connectivity index (χ4v) is 3.36. The molecular formula is C19H25FN2O5. The lowest BCUT2D eigenvalue weighted by Crippen LogP contribution is -2.31. The zero-order chi connectivity index (χ0) is 20.2. The summed E-state index contributed by atoms with van der Waals surface area (Å²) in [5.74, 6) is -1.66. The minimum Gasteiger partial charge on any atom is -0.455 e. The molecule has 148 valence electrons. The standard InChI is InChI=1S/C19H25FN2O5/c1-19(2,3)13-6-4-12(5-7-13)18(24)27-11-17(23)21-16-10-14(22(25)26)8-9-15(16)20/h8-10,12-13H,4-7,11H2,1-3H3,(H,21,23). The van der Waals surface area contributed by atoms with Gasteiger partial charge < -0.3 is 10.1 Å². The number of hydrogen-bond donors (Lipinski definition) is 1.